The van der Waals surface area contributed by atoms with Crippen molar-refractivity contribution in [3.05, 3.63) is 45.5 Å². The van der Waals surface area contributed by atoms with E-state index in [1.165, 1.54) is 13.1 Å². The van der Waals surface area contributed by atoms with E-state index in [1.54, 1.807) is 0 Å². The molecule has 0 radical (unpaired) electrons. The highest BCUT2D eigenvalue weighted by Crippen LogP contribution is 2.35. The van der Waals surface area contributed by atoms with Gasteiger partial charge in [-0.2, -0.15) is 18.3 Å². The summed E-state index contributed by atoms with van der Waals surface area (Å²) in [5.74, 6) is -0.531. The number of aromatic nitrogens is 5. The normalized spacial score (nSPS) is 15.2. The summed E-state index contributed by atoms with van der Waals surface area (Å²) in [5.41, 5.74) is 1.89. The number of rotatable bonds is 5. The second kappa shape index (κ2) is 8.81. The third-order valence-corrected chi connectivity index (χ3v) is 6.35. The van der Waals surface area contributed by atoms with Crippen molar-refractivity contribution in [1.82, 2.24) is 30.0 Å². The van der Waals surface area contributed by atoms with Crippen molar-refractivity contribution in [3.63, 3.8) is 0 Å². The lowest BCUT2D eigenvalue weighted by Crippen LogP contribution is -2.35. The highest BCUT2D eigenvalue weighted by molar-refractivity contribution is 7.13. The first-order chi connectivity index (χ1) is 16.3. The number of aromatic amines is 2. The number of carbonyl (C=O) groups excluding carboxylic acids is 1. The molecule has 1 amide bonds. The van der Waals surface area contributed by atoms with Gasteiger partial charge in [-0.1, -0.05) is 6.07 Å². The van der Waals surface area contributed by atoms with Crippen LogP contribution >= 0.6 is 11.3 Å². The minimum absolute atomic E-state index is 0.148. The van der Waals surface area contributed by atoms with Gasteiger partial charge in [-0.3, -0.25) is 14.8 Å². The lowest BCUT2D eigenvalue weighted by Gasteiger charge is -2.26. The van der Waals surface area contributed by atoms with Crippen molar-refractivity contribution in [3.8, 4) is 11.5 Å². The molecule has 4 aromatic rings. The number of H-pyrrole nitrogens is 2. The molecule has 0 saturated carbocycles. The van der Waals surface area contributed by atoms with E-state index in [9.17, 15) is 18.0 Å². The smallest absolute Gasteiger partial charge is 0.379 e. The van der Waals surface area contributed by atoms with Crippen LogP contribution in [-0.4, -0.2) is 62.3 Å². The number of fused-ring (bicyclic) bond motifs is 1. The lowest BCUT2D eigenvalue weighted by molar-refractivity contribution is -0.141. The molecule has 1 aromatic carbocycles. The second-order valence-corrected chi connectivity index (χ2v) is 9.04. The number of anilines is 1. The molecule has 0 bridgehead atoms. The summed E-state index contributed by atoms with van der Waals surface area (Å²) in [5, 5.41) is 9.42. The topological polar surface area (TPSA) is 112 Å². The second-order valence-electron chi connectivity index (χ2n) is 7.84. The molecule has 1 aliphatic heterocycles. The highest BCUT2D eigenvalue weighted by Gasteiger charge is 2.39. The minimum Gasteiger partial charge on any atom is -0.379 e. The summed E-state index contributed by atoms with van der Waals surface area (Å²) >= 11 is 0.683. The SMILES string of the molecule is Cc1nc(C(F)(F)F)c(C(=O)Nc2c[nH]nc2-c2nc3cc(CN4CCOCC4)ccc3[nH]2)s1. The van der Waals surface area contributed by atoms with E-state index in [2.05, 4.69) is 35.4 Å². The van der Waals surface area contributed by atoms with Gasteiger partial charge in [0.15, 0.2) is 17.2 Å². The standard InChI is InChI=1S/C21H20F3N7O2S/c1-11-26-18(21(22,23)24)17(34-11)20(32)29-15-9-25-30-16(15)19-27-13-3-2-12(8-14(13)28-19)10-31-4-6-33-7-5-31/h2-3,8-9H,4-7,10H2,1H3,(H,25,30)(H,27,28)(H,29,32). The number of hydrogen-bond donors (Lipinski definition) is 3. The fourth-order valence-corrected chi connectivity index (χ4v) is 4.63. The number of nitrogens with zero attached hydrogens (tertiary/aromatic N) is 4. The molecule has 0 aliphatic carbocycles. The molecule has 0 atom stereocenters. The Morgan fingerprint density at radius 1 is 1.26 bits per heavy atom. The van der Waals surface area contributed by atoms with Crippen LogP contribution in [0.2, 0.25) is 0 Å². The van der Waals surface area contributed by atoms with E-state index in [0.29, 0.717) is 30.4 Å². The fraction of sp³-hybridized carbons (Fsp3) is 0.333. The van der Waals surface area contributed by atoms with Crippen molar-refractivity contribution in [1.29, 1.82) is 0 Å². The summed E-state index contributed by atoms with van der Waals surface area (Å²) < 4.78 is 45.2. The Hall–Kier alpha value is -3.29. The van der Waals surface area contributed by atoms with Crippen LogP contribution in [0, 0.1) is 6.92 Å². The molecular weight excluding hydrogens is 471 g/mol. The quantitative estimate of drug-likeness (QED) is 0.391. The molecule has 178 valence electrons. The summed E-state index contributed by atoms with van der Waals surface area (Å²) in [6.45, 7) is 5.37. The summed E-state index contributed by atoms with van der Waals surface area (Å²) in [6, 6.07) is 5.91. The zero-order chi connectivity index (χ0) is 23.9. The van der Waals surface area contributed by atoms with Gasteiger partial charge in [0, 0.05) is 25.8 Å². The number of aryl methyl sites for hydroxylation is 1. The van der Waals surface area contributed by atoms with Crippen LogP contribution in [0.1, 0.15) is 25.9 Å². The molecule has 1 aliphatic rings. The Morgan fingerprint density at radius 3 is 2.82 bits per heavy atom. The summed E-state index contributed by atoms with van der Waals surface area (Å²) in [4.78, 5) is 25.7. The van der Waals surface area contributed by atoms with E-state index in [0.717, 1.165) is 36.2 Å². The maximum atomic E-state index is 13.3. The van der Waals surface area contributed by atoms with Crippen LogP contribution in [0.25, 0.3) is 22.6 Å². The van der Waals surface area contributed by atoms with Gasteiger partial charge < -0.3 is 15.0 Å². The van der Waals surface area contributed by atoms with Gasteiger partial charge in [0.1, 0.15) is 4.88 Å². The van der Waals surface area contributed by atoms with Crippen LogP contribution in [-0.2, 0) is 17.5 Å². The predicted molar refractivity (Wildman–Crippen MR) is 120 cm³/mol. The Kier molecular flexibility index (Phi) is 5.83. The number of alkyl halides is 3. The molecule has 3 N–H and O–H groups in total. The molecule has 13 heteroatoms. The zero-order valence-corrected chi connectivity index (χ0v) is 18.8. The molecule has 9 nitrogen and oxygen atoms in total. The Balaban J connectivity index is 1.38. The number of amides is 1. The fourth-order valence-electron chi connectivity index (χ4n) is 3.80. The molecule has 0 spiro atoms. The number of benzene rings is 1. The maximum absolute atomic E-state index is 13.3. The number of nitrogens with one attached hydrogen (secondary N) is 3. The van der Waals surface area contributed by atoms with Crippen LogP contribution in [0.3, 0.4) is 0 Å². The average molecular weight is 491 g/mol. The van der Waals surface area contributed by atoms with Crippen LogP contribution < -0.4 is 5.32 Å². The van der Waals surface area contributed by atoms with Crippen molar-refractivity contribution in [2.45, 2.75) is 19.6 Å². The average Bonchev–Trinajstić information content (AvgIpc) is 3.51. The Labute approximate surface area is 195 Å². The first-order valence-corrected chi connectivity index (χ1v) is 11.3. The number of thiazole rings is 1. The molecule has 4 heterocycles. The molecule has 1 fully saturated rings. The van der Waals surface area contributed by atoms with Crippen molar-refractivity contribution < 1.29 is 22.7 Å². The highest BCUT2D eigenvalue weighted by atomic mass is 32.1. The van der Waals surface area contributed by atoms with Gasteiger partial charge in [-0.25, -0.2) is 9.97 Å². The van der Waals surface area contributed by atoms with E-state index in [4.69, 9.17) is 4.74 Å². The first kappa shape index (κ1) is 22.5. The monoisotopic (exact) mass is 491 g/mol. The predicted octanol–water partition coefficient (Wildman–Crippen LogP) is 3.82. The van der Waals surface area contributed by atoms with Gasteiger partial charge in [-0.15, -0.1) is 11.3 Å². The Morgan fingerprint density at radius 2 is 2.06 bits per heavy atom. The molecule has 1 saturated heterocycles. The number of hydrogen-bond acceptors (Lipinski definition) is 7. The van der Waals surface area contributed by atoms with Gasteiger partial charge >= 0.3 is 6.18 Å². The largest absolute Gasteiger partial charge is 0.435 e. The van der Waals surface area contributed by atoms with Gasteiger partial charge in [0.05, 0.1) is 34.9 Å². The molecule has 5 rings (SSSR count). The van der Waals surface area contributed by atoms with Crippen LogP contribution in [0.4, 0.5) is 18.9 Å². The number of halogens is 3. The summed E-state index contributed by atoms with van der Waals surface area (Å²) in [7, 11) is 0. The van der Waals surface area contributed by atoms with Gasteiger partial charge in [0.25, 0.3) is 5.91 Å². The number of morpholine rings is 1. The van der Waals surface area contributed by atoms with Crippen molar-refractivity contribution in [2.75, 3.05) is 31.6 Å². The number of imidazole rings is 1. The summed E-state index contributed by atoms with van der Waals surface area (Å²) in [6.07, 6.45) is -3.33. The number of carbonyl (C=O) groups is 1. The van der Waals surface area contributed by atoms with Crippen LogP contribution in [0.5, 0.6) is 0 Å². The Bertz CT molecular complexity index is 1340. The van der Waals surface area contributed by atoms with Crippen molar-refractivity contribution in [2.24, 2.45) is 0 Å². The molecule has 34 heavy (non-hydrogen) atoms. The van der Waals surface area contributed by atoms with Gasteiger partial charge in [0.2, 0.25) is 0 Å². The molecule has 3 aromatic heterocycles. The molecule has 0 unspecified atom stereocenters. The third-order valence-electron chi connectivity index (χ3n) is 5.38. The third kappa shape index (κ3) is 4.54. The van der Waals surface area contributed by atoms with Crippen molar-refractivity contribution >= 4 is 34.0 Å². The lowest BCUT2D eigenvalue weighted by atomic mass is 10.2. The van der Waals surface area contributed by atoms with Crippen LogP contribution in [0.15, 0.2) is 24.4 Å². The van der Waals surface area contributed by atoms with E-state index < -0.39 is 22.7 Å². The molecular formula is C21H20F3N7O2S. The zero-order valence-electron chi connectivity index (χ0n) is 18.0. The number of ether oxygens (including phenoxy) is 1. The first-order valence-electron chi connectivity index (χ1n) is 10.5. The minimum atomic E-state index is -4.73. The van der Waals surface area contributed by atoms with E-state index >= 15 is 0 Å². The maximum Gasteiger partial charge on any atom is 0.435 e. The van der Waals surface area contributed by atoms with E-state index in [-0.39, 0.29) is 16.4 Å². The van der Waals surface area contributed by atoms with E-state index in [1.807, 2.05) is 18.2 Å². The van der Waals surface area contributed by atoms with Gasteiger partial charge in [-0.05, 0) is 24.6 Å².